The van der Waals surface area contributed by atoms with Crippen LogP contribution in [0, 0.1) is 5.92 Å². The predicted octanol–water partition coefficient (Wildman–Crippen LogP) is 0.480. The molecule has 2 rings (SSSR count). The number of morpholine rings is 1. The molecule has 0 unspecified atom stereocenters. The Hall–Kier alpha value is -0.120. The van der Waals surface area contributed by atoms with Gasteiger partial charge in [0.2, 0.25) is 0 Å². The normalized spacial score (nSPS) is 36.7. The predicted molar refractivity (Wildman–Crippen MR) is 50.6 cm³/mol. The monoisotopic (exact) mass is 185 g/mol. The van der Waals surface area contributed by atoms with Crippen molar-refractivity contribution >= 4 is 0 Å². The van der Waals surface area contributed by atoms with Crippen LogP contribution in [0.15, 0.2) is 0 Å². The number of nitrogens with zero attached hydrogens (tertiary/aromatic N) is 1. The molecule has 2 fully saturated rings. The lowest BCUT2D eigenvalue weighted by Gasteiger charge is -2.32. The molecule has 1 aliphatic heterocycles. The summed E-state index contributed by atoms with van der Waals surface area (Å²) < 4.78 is 5.32. The molecule has 76 valence electrons. The van der Waals surface area contributed by atoms with Crippen molar-refractivity contribution in [3.8, 4) is 0 Å². The Morgan fingerprint density at radius 3 is 2.62 bits per heavy atom. The molecule has 1 aliphatic carbocycles. The van der Waals surface area contributed by atoms with Gasteiger partial charge >= 0.3 is 0 Å². The molecule has 1 heterocycles. The van der Waals surface area contributed by atoms with Crippen LogP contribution in [0.2, 0.25) is 0 Å². The topological polar surface area (TPSA) is 32.7 Å². The fourth-order valence-corrected chi connectivity index (χ4v) is 2.49. The molecule has 1 N–H and O–H groups in total. The standard InChI is InChI=1S/C10H19NO2/c12-8-9-1-2-10(7-9)11-3-5-13-6-4-11/h9-10,12H,1-8H2/t9-,10-/m0/s1. The zero-order valence-electron chi connectivity index (χ0n) is 8.11. The van der Waals surface area contributed by atoms with Gasteiger partial charge in [-0.2, -0.15) is 0 Å². The highest BCUT2D eigenvalue weighted by Crippen LogP contribution is 2.29. The number of ether oxygens (including phenoxy) is 1. The molecule has 1 saturated carbocycles. The first-order chi connectivity index (χ1) is 6.40. The van der Waals surface area contributed by atoms with Gasteiger partial charge in [0.1, 0.15) is 0 Å². The van der Waals surface area contributed by atoms with Crippen LogP contribution in [0.5, 0.6) is 0 Å². The Labute approximate surface area is 79.7 Å². The third-order valence-corrected chi connectivity index (χ3v) is 3.33. The van der Waals surface area contributed by atoms with Gasteiger partial charge in [0, 0.05) is 25.7 Å². The SMILES string of the molecule is OC[C@H]1CC[C@H](N2CCOCC2)C1. The quantitative estimate of drug-likeness (QED) is 0.679. The lowest BCUT2D eigenvalue weighted by atomic mass is 10.1. The minimum absolute atomic E-state index is 0.376. The molecule has 13 heavy (non-hydrogen) atoms. The van der Waals surface area contributed by atoms with Gasteiger partial charge in [-0.15, -0.1) is 0 Å². The zero-order chi connectivity index (χ0) is 9.10. The maximum Gasteiger partial charge on any atom is 0.0594 e. The van der Waals surface area contributed by atoms with E-state index in [1.165, 1.54) is 19.3 Å². The van der Waals surface area contributed by atoms with Gasteiger partial charge < -0.3 is 9.84 Å². The second-order valence-corrected chi connectivity index (χ2v) is 4.16. The molecule has 0 bridgehead atoms. The molecular formula is C10H19NO2. The summed E-state index contributed by atoms with van der Waals surface area (Å²) in [5.74, 6) is 0.563. The van der Waals surface area contributed by atoms with E-state index in [1.807, 2.05) is 0 Å². The van der Waals surface area contributed by atoms with Crippen LogP contribution in [0.1, 0.15) is 19.3 Å². The van der Waals surface area contributed by atoms with Gasteiger partial charge in [-0.3, -0.25) is 4.90 Å². The van der Waals surface area contributed by atoms with Crippen molar-refractivity contribution in [2.45, 2.75) is 25.3 Å². The smallest absolute Gasteiger partial charge is 0.0594 e. The Morgan fingerprint density at radius 2 is 2.00 bits per heavy atom. The minimum Gasteiger partial charge on any atom is -0.396 e. The van der Waals surface area contributed by atoms with Crippen molar-refractivity contribution in [2.24, 2.45) is 5.92 Å². The summed E-state index contributed by atoms with van der Waals surface area (Å²) in [7, 11) is 0. The van der Waals surface area contributed by atoms with E-state index in [4.69, 9.17) is 9.84 Å². The van der Waals surface area contributed by atoms with Crippen molar-refractivity contribution in [3.63, 3.8) is 0 Å². The largest absolute Gasteiger partial charge is 0.396 e. The number of hydrogen-bond donors (Lipinski definition) is 1. The summed E-state index contributed by atoms with van der Waals surface area (Å²) in [4.78, 5) is 2.53. The fraction of sp³-hybridized carbons (Fsp3) is 1.00. The lowest BCUT2D eigenvalue weighted by molar-refractivity contribution is 0.0166. The highest BCUT2D eigenvalue weighted by Gasteiger charge is 2.29. The molecule has 0 aromatic carbocycles. The summed E-state index contributed by atoms with van der Waals surface area (Å²) >= 11 is 0. The fourth-order valence-electron chi connectivity index (χ4n) is 2.49. The first kappa shape index (κ1) is 9.44. The maximum atomic E-state index is 9.04. The Balaban J connectivity index is 1.80. The van der Waals surface area contributed by atoms with E-state index >= 15 is 0 Å². The Morgan fingerprint density at radius 1 is 1.23 bits per heavy atom. The molecule has 3 nitrogen and oxygen atoms in total. The second-order valence-electron chi connectivity index (χ2n) is 4.16. The minimum atomic E-state index is 0.376. The molecule has 0 radical (unpaired) electrons. The second kappa shape index (κ2) is 4.40. The van der Waals surface area contributed by atoms with Gasteiger partial charge in [0.05, 0.1) is 13.2 Å². The molecule has 0 spiro atoms. The molecule has 2 atom stereocenters. The van der Waals surface area contributed by atoms with Crippen molar-refractivity contribution in [3.05, 3.63) is 0 Å². The van der Waals surface area contributed by atoms with Crippen LogP contribution in [-0.4, -0.2) is 49.0 Å². The van der Waals surface area contributed by atoms with E-state index in [0.717, 1.165) is 32.3 Å². The molecule has 0 amide bonds. The number of hydrogen-bond acceptors (Lipinski definition) is 3. The van der Waals surface area contributed by atoms with Gasteiger partial charge in [-0.25, -0.2) is 0 Å². The van der Waals surface area contributed by atoms with Gasteiger partial charge in [0.15, 0.2) is 0 Å². The molecular weight excluding hydrogens is 166 g/mol. The van der Waals surface area contributed by atoms with E-state index in [2.05, 4.69) is 4.90 Å². The Bertz CT molecular complexity index is 157. The maximum absolute atomic E-state index is 9.04. The molecule has 3 heteroatoms. The highest BCUT2D eigenvalue weighted by molar-refractivity contribution is 4.83. The molecule has 1 saturated heterocycles. The summed E-state index contributed by atoms with van der Waals surface area (Å²) in [6, 6.07) is 0.723. The average molecular weight is 185 g/mol. The summed E-state index contributed by atoms with van der Waals surface area (Å²) in [5.41, 5.74) is 0. The zero-order valence-corrected chi connectivity index (χ0v) is 8.11. The van der Waals surface area contributed by atoms with E-state index < -0.39 is 0 Å². The highest BCUT2D eigenvalue weighted by atomic mass is 16.5. The number of aliphatic hydroxyl groups is 1. The average Bonchev–Trinajstić information content (AvgIpc) is 2.67. The molecule has 2 aliphatic rings. The summed E-state index contributed by atoms with van der Waals surface area (Å²) in [6.07, 6.45) is 3.67. The number of rotatable bonds is 2. The number of aliphatic hydroxyl groups excluding tert-OH is 1. The molecule has 0 aromatic rings. The van der Waals surface area contributed by atoms with Crippen molar-refractivity contribution in [1.29, 1.82) is 0 Å². The third kappa shape index (κ3) is 2.22. The van der Waals surface area contributed by atoms with Crippen LogP contribution >= 0.6 is 0 Å². The van der Waals surface area contributed by atoms with Crippen LogP contribution in [-0.2, 0) is 4.74 Å². The summed E-state index contributed by atoms with van der Waals surface area (Å²) in [5, 5.41) is 9.04. The first-order valence-corrected chi connectivity index (χ1v) is 5.33. The first-order valence-electron chi connectivity index (χ1n) is 5.33. The van der Waals surface area contributed by atoms with E-state index in [-0.39, 0.29) is 0 Å². The van der Waals surface area contributed by atoms with Crippen molar-refractivity contribution in [1.82, 2.24) is 4.90 Å². The summed E-state index contributed by atoms with van der Waals surface area (Å²) in [6.45, 7) is 4.33. The Kier molecular flexibility index (Phi) is 3.19. The van der Waals surface area contributed by atoms with Crippen LogP contribution < -0.4 is 0 Å². The van der Waals surface area contributed by atoms with E-state index in [9.17, 15) is 0 Å². The lowest BCUT2D eigenvalue weighted by Crippen LogP contribution is -2.42. The van der Waals surface area contributed by atoms with Gasteiger partial charge in [-0.05, 0) is 25.2 Å². The van der Waals surface area contributed by atoms with Crippen molar-refractivity contribution in [2.75, 3.05) is 32.9 Å². The van der Waals surface area contributed by atoms with Crippen LogP contribution in [0.4, 0.5) is 0 Å². The van der Waals surface area contributed by atoms with Gasteiger partial charge in [-0.1, -0.05) is 0 Å². The van der Waals surface area contributed by atoms with Gasteiger partial charge in [0.25, 0.3) is 0 Å². The van der Waals surface area contributed by atoms with E-state index in [0.29, 0.717) is 12.5 Å². The van der Waals surface area contributed by atoms with E-state index in [1.54, 1.807) is 0 Å². The third-order valence-electron chi connectivity index (χ3n) is 3.33. The van der Waals surface area contributed by atoms with Crippen LogP contribution in [0.25, 0.3) is 0 Å². The van der Waals surface area contributed by atoms with Crippen molar-refractivity contribution < 1.29 is 9.84 Å². The van der Waals surface area contributed by atoms with Crippen LogP contribution in [0.3, 0.4) is 0 Å². The molecule has 0 aromatic heterocycles.